The highest BCUT2D eigenvalue weighted by Crippen LogP contribution is 2.37. The molecule has 194 valence electrons. The van der Waals surface area contributed by atoms with Crippen LogP contribution in [0.4, 0.5) is 5.00 Å². The smallest absolute Gasteiger partial charge is 0.235 e. The van der Waals surface area contributed by atoms with Gasteiger partial charge in [0.2, 0.25) is 11.8 Å². The Morgan fingerprint density at radius 3 is 2.68 bits per heavy atom. The number of thiophene rings is 1. The van der Waals surface area contributed by atoms with Gasteiger partial charge in [-0.1, -0.05) is 23.9 Å². The van der Waals surface area contributed by atoms with E-state index in [1.807, 2.05) is 42.7 Å². The third-order valence-electron chi connectivity index (χ3n) is 6.22. The molecular weight excluding hydrogens is 508 g/mol. The zero-order valence-corrected chi connectivity index (χ0v) is 22.8. The van der Waals surface area contributed by atoms with E-state index < -0.39 is 0 Å². The van der Waals surface area contributed by atoms with E-state index >= 15 is 0 Å². The molecule has 0 saturated carbocycles. The van der Waals surface area contributed by atoms with Gasteiger partial charge >= 0.3 is 0 Å². The number of hydrogen-bond donors (Lipinski definition) is 2. The number of carbonyl (C=O) groups excluding carboxylic acids is 2. The Balaban J connectivity index is 1.34. The molecule has 2 N–H and O–H groups in total. The summed E-state index contributed by atoms with van der Waals surface area (Å²) in [6, 6.07) is 9.31. The lowest BCUT2D eigenvalue weighted by Gasteiger charge is -2.15. The molecule has 0 bridgehead atoms. The van der Waals surface area contributed by atoms with Gasteiger partial charge in [-0.05, 0) is 62.8 Å². The van der Waals surface area contributed by atoms with Crippen LogP contribution < -0.4 is 15.4 Å². The average molecular weight is 539 g/mol. The summed E-state index contributed by atoms with van der Waals surface area (Å²) in [5.41, 5.74) is 2.59. The summed E-state index contributed by atoms with van der Waals surface area (Å²) in [6.07, 6.45) is 4.31. The number of fused-ring (bicyclic) bond motifs is 1. The Morgan fingerprint density at radius 2 is 1.97 bits per heavy atom. The maximum atomic E-state index is 12.7. The molecule has 4 rings (SSSR count). The van der Waals surface area contributed by atoms with E-state index in [1.165, 1.54) is 28.0 Å². The molecule has 0 spiro atoms. The van der Waals surface area contributed by atoms with Gasteiger partial charge < -0.3 is 19.9 Å². The number of nitriles is 1. The predicted octanol–water partition coefficient (Wildman–Crippen LogP) is 4.27. The highest BCUT2D eigenvalue weighted by atomic mass is 32.2. The molecule has 0 unspecified atom stereocenters. The van der Waals surface area contributed by atoms with Gasteiger partial charge in [0, 0.05) is 11.4 Å². The first-order valence-corrected chi connectivity index (χ1v) is 14.1. The molecule has 2 aromatic heterocycles. The van der Waals surface area contributed by atoms with Crippen LogP contribution in [0.2, 0.25) is 0 Å². The van der Waals surface area contributed by atoms with Crippen LogP contribution in [-0.4, -0.2) is 39.4 Å². The van der Waals surface area contributed by atoms with Crippen molar-refractivity contribution in [3.05, 3.63) is 51.7 Å². The number of nitrogens with one attached hydrogen (secondary N) is 2. The first kappa shape index (κ1) is 26.7. The quantitative estimate of drug-likeness (QED) is 0.370. The Morgan fingerprint density at radius 1 is 1.22 bits per heavy atom. The molecule has 11 heteroatoms. The molecule has 9 nitrogen and oxygen atoms in total. The molecule has 37 heavy (non-hydrogen) atoms. The van der Waals surface area contributed by atoms with Crippen LogP contribution in [0.1, 0.15) is 60.1 Å². The summed E-state index contributed by atoms with van der Waals surface area (Å²) >= 11 is 2.80. The zero-order valence-electron chi connectivity index (χ0n) is 21.2. The van der Waals surface area contributed by atoms with Gasteiger partial charge in [0.25, 0.3) is 0 Å². The summed E-state index contributed by atoms with van der Waals surface area (Å²) in [4.78, 5) is 26.5. The Bertz CT molecular complexity index is 1310. The molecule has 0 fully saturated rings. The van der Waals surface area contributed by atoms with E-state index in [0.29, 0.717) is 28.1 Å². The van der Waals surface area contributed by atoms with Crippen LogP contribution in [0.15, 0.2) is 29.4 Å². The maximum absolute atomic E-state index is 12.7. The summed E-state index contributed by atoms with van der Waals surface area (Å²) in [6.45, 7) is 4.44. The fraction of sp³-hybridized carbons (Fsp3) is 0.423. The van der Waals surface area contributed by atoms with Crippen molar-refractivity contribution in [3.63, 3.8) is 0 Å². The average Bonchev–Trinajstić information content (AvgIpc) is 3.48. The summed E-state index contributed by atoms with van der Waals surface area (Å²) in [5, 5.41) is 25.3. The van der Waals surface area contributed by atoms with E-state index in [2.05, 4.69) is 26.9 Å². The number of rotatable bonds is 10. The number of methoxy groups -OCH3 is 1. The second-order valence-corrected chi connectivity index (χ2v) is 10.8. The van der Waals surface area contributed by atoms with Crippen molar-refractivity contribution in [2.75, 3.05) is 18.2 Å². The minimum absolute atomic E-state index is 0.121. The van der Waals surface area contributed by atoms with Crippen LogP contribution in [0, 0.1) is 11.3 Å². The summed E-state index contributed by atoms with van der Waals surface area (Å²) in [5.74, 6) is 1.21. The fourth-order valence-corrected chi connectivity index (χ4v) is 6.44. The number of thioether (sulfide) groups is 1. The van der Waals surface area contributed by atoms with Crippen LogP contribution in [-0.2, 0) is 35.4 Å². The van der Waals surface area contributed by atoms with Crippen LogP contribution in [0.3, 0.4) is 0 Å². The van der Waals surface area contributed by atoms with Crippen molar-refractivity contribution < 1.29 is 14.3 Å². The van der Waals surface area contributed by atoms with Gasteiger partial charge in [-0.15, -0.1) is 21.5 Å². The van der Waals surface area contributed by atoms with Crippen LogP contribution >= 0.6 is 23.1 Å². The summed E-state index contributed by atoms with van der Waals surface area (Å²) in [7, 11) is 1.60. The van der Waals surface area contributed by atoms with Crippen LogP contribution in [0.5, 0.6) is 5.75 Å². The van der Waals surface area contributed by atoms with Crippen molar-refractivity contribution >= 4 is 39.9 Å². The first-order valence-electron chi connectivity index (χ1n) is 12.3. The van der Waals surface area contributed by atoms with Gasteiger partial charge in [0.05, 0.1) is 30.9 Å². The molecular formula is C26H30N6O3S2. The number of carbonyl (C=O) groups is 2. The minimum atomic E-state index is -0.350. The Kier molecular flexibility index (Phi) is 8.84. The highest BCUT2D eigenvalue weighted by Gasteiger charge is 2.23. The fourth-order valence-electron chi connectivity index (χ4n) is 4.38. The number of ether oxygens (including phenoxy) is 1. The summed E-state index contributed by atoms with van der Waals surface area (Å²) < 4.78 is 7.06. The number of amides is 2. The van der Waals surface area contributed by atoms with E-state index in [-0.39, 0.29) is 30.0 Å². The first-order chi connectivity index (χ1) is 17.9. The zero-order chi connectivity index (χ0) is 26.4. The number of hydrogen-bond acceptors (Lipinski definition) is 8. The van der Waals surface area contributed by atoms with E-state index in [1.54, 1.807) is 7.11 Å². The van der Waals surface area contributed by atoms with E-state index in [9.17, 15) is 14.9 Å². The Hall–Kier alpha value is -3.36. The molecule has 0 radical (unpaired) electrons. The normalized spacial score (nSPS) is 13.4. The molecule has 0 saturated heterocycles. The van der Waals surface area contributed by atoms with Gasteiger partial charge in [0.15, 0.2) is 11.0 Å². The monoisotopic (exact) mass is 538 g/mol. The van der Waals surface area contributed by atoms with Crippen molar-refractivity contribution in [3.8, 4) is 11.8 Å². The molecule has 2 amide bonds. The van der Waals surface area contributed by atoms with Gasteiger partial charge in [-0.2, -0.15) is 5.26 Å². The second-order valence-electron chi connectivity index (χ2n) is 8.76. The van der Waals surface area contributed by atoms with Gasteiger partial charge in [-0.3, -0.25) is 9.59 Å². The van der Waals surface area contributed by atoms with Crippen molar-refractivity contribution in [2.24, 2.45) is 0 Å². The number of benzene rings is 1. The lowest BCUT2D eigenvalue weighted by atomic mass is 9.96. The molecule has 1 aliphatic rings. The predicted molar refractivity (Wildman–Crippen MR) is 144 cm³/mol. The topological polar surface area (TPSA) is 122 Å². The standard InChI is InChI=1S/C26H30N6O3S2/c1-4-32-24(16(2)28-22(33)13-17-9-11-18(35-3)12-10-17)30-31-26(32)36-15-23(34)29-25-20(14-27)19-7-5-6-8-21(19)37-25/h9-12,16H,4-8,13,15H2,1-3H3,(H,28,33)(H,29,34)/t16-/m1/s1. The van der Waals surface area contributed by atoms with Crippen LogP contribution in [0.25, 0.3) is 0 Å². The van der Waals surface area contributed by atoms with Crippen molar-refractivity contribution in [1.29, 1.82) is 5.26 Å². The SMILES string of the molecule is CCn1c(SCC(=O)Nc2sc3c(c2C#N)CCCC3)nnc1[C@@H](C)NC(=O)Cc1ccc(OC)cc1. The molecule has 2 heterocycles. The molecule has 1 atom stereocenters. The van der Waals surface area contributed by atoms with Crippen molar-refractivity contribution in [1.82, 2.24) is 20.1 Å². The largest absolute Gasteiger partial charge is 0.497 e. The van der Waals surface area contributed by atoms with Gasteiger partial charge in [0.1, 0.15) is 16.8 Å². The molecule has 1 aromatic carbocycles. The highest BCUT2D eigenvalue weighted by molar-refractivity contribution is 7.99. The van der Waals surface area contributed by atoms with Crippen molar-refractivity contribution in [2.45, 2.75) is 63.7 Å². The Labute approximate surface area is 224 Å². The third-order valence-corrected chi connectivity index (χ3v) is 8.39. The maximum Gasteiger partial charge on any atom is 0.235 e. The minimum Gasteiger partial charge on any atom is -0.497 e. The lowest BCUT2D eigenvalue weighted by Crippen LogP contribution is -2.30. The lowest BCUT2D eigenvalue weighted by molar-refractivity contribution is -0.121. The number of anilines is 1. The van der Waals surface area contributed by atoms with Gasteiger partial charge in [-0.25, -0.2) is 0 Å². The number of aryl methyl sites for hydroxylation is 1. The van der Waals surface area contributed by atoms with E-state index in [0.717, 1.165) is 42.6 Å². The molecule has 0 aliphatic heterocycles. The number of aromatic nitrogens is 3. The number of nitrogens with zero attached hydrogens (tertiary/aromatic N) is 4. The second kappa shape index (κ2) is 12.3. The molecule has 3 aromatic rings. The molecule has 1 aliphatic carbocycles. The third kappa shape index (κ3) is 6.32. The van der Waals surface area contributed by atoms with E-state index in [4.69, 9.17) is 4.74 Å².